The van der Waals surface area contributed by atoms with Crippen molar-refractivity contribution in [3.63, 3.8) is 0 Å². The average Bonchev–Trinajstić information content (AvgIpc) is 3.11. The molecule has 0 unspecified atom stereocenters. The van der Waals surface area contributed by atoms with E-state index in [1.54, 1.807) is 10.7 Å². The molecule has 0 bridgehead atoms. The maximum atomic E-state index is 6.02. The number of H-pyrrole nitrogens is 1. The maximum Gasteiger partial charge on any atom is 0.255 e. The van der Waals surface area contributed by atoms with Crippen molar-refractivity contribution in [2.45, 2.75) is 13.8 Å². The van der Waals surface area contributed by atoms with Crippen LogP contribution in [0.2, 0.25) is 0 Å². The minimum atomic E-state index is 0.525. The van der Waals surface area contributed by atoms with Gasteiger partial charge < -0.3 is 4.74 Å². The number of benzene rings is 1. The first kappa shape index (κ1) is 11.8. The van der Waals surface area contributed by atoms with E-state index in [9.17, 15) is 0 Å². The van der Waals surface area contributed by atoms with E-state index in [2.05, 4.69) is 25.3 Å². The number of rotatable bonds is 2. The van der Waals surface area contributed by atoms with Crippen LogP contribution in [0.25, 0.3) is 16.7 Å². The Morgan fingerprint density at radius 1 is 1.24 bits per heavy atom. The SMILES string of the molecule is Cc1nc2ncnn2c(Oc2ccc3[nH]ncc3c2)c1C. The van der Waals surface area contributed by atoms with Gasteiger partial charge in [0.1, 0.15) is 12.1 Å². The molecule has 4 aromatic rings. The molecule has 4 rings (SSSR count). The second-order valence-electron chi connectivity index (χ2n) is 4.82. The molecule has 0 fully saturated rings. The lowest BCUT2D eigenvalue weighted by molar-refractivity contribution is 0.441. The highest BCUT2D eigenvalue weighted by Crippen LogP contribution is 2.28. The molecule has 0 aliphatic heterocycles. The minimum absolute atomic E-state index is 0.525. The third-order valence-corrected chi connectivity index (χ3v) is 3.48. The van der Waals surface area contributed by atoms with Crippen LogP contribution in [0.4, 0.5) is 0 Å². The summed E-state index contributed by atoms with van der Waals surface area (Å²) in [6, 6.07) is 5.74. The summed E-state index contributed by atoms with van der Waals surface area (Å²) in [5.41, 5.74) is 2.77. The van der Waals surface area contributed by atoms with E-state index in [1.165, 1.54) is 6.33 Å². The van der Waals surface area contributed by atoms with E-state index in [-0.39, 0.29) is 0 Å². The van der Waals surface area contributed by atoms with Gasteiger partial charge in [0.2, 0.25) is 5.88 Å². The predicted octanol–water partition coefficient (Wildman–Crippen LogP) is 2.41. The fourth-order valence-electron chi connectivity index (χ4n) is 2.22. The summed E-state index contributed by atoms with van der Waals surface area (Å²) in [5.74, 6) is 1.87. The second-order valence-corrected chi connectivity index (χ2v) is 4.82. The fourth-order valence-corrected chi connectivity index (χ4v) is 2.22. The van der Waals surface area contributed by atoms with Crippen LogP contribution in [0.5, 0.6) is 11.6 Å². The van der Waals surface area contributed by atoms with Crippen LogP contribution in [-0.2, 0) is 0 Å². The molecule has 7 nitrogen and oxygen atoms in total. The smallest absolute Gasteiger partial charge is 0.255 e. The molecular weight excluding hydrogens is 268 g/mol. The van der Waals surface area contributed by atoms with Gasteiger partial charge in [-0.1, -0.05) is 0 Å². The van der Waals surface area contributed by atoms with Gasteiger partial charge in [-0.25, -0.2) is 4.98 Å². The first-order chi connectivity index (χ1) is 10.2. The topological polar surface area (TPSA) is 81.0 Å². The van der Waals surface area contributed by atoms with Crippen LogP contribution in [0, 0.1) is 13.8 Å². The van der Waals surface area contributed by atoms with Crippen molar-refractivity contribution in [3.05, 3.63) is 42.0 Å². The highest BCUT2D eigenvalue weighted by atomic mass is 16.5. The highest BCUT2D eigenvalue weighted by molar-refractivity contribution is 5.79. The quantitative estimate of drug-likeness (QED) is 0.609. The molecule has 0 amide bonds. The first-order valence-corrected chi connectivity index (χ1v) is 6.50. The number of hydrogen-bond donors (Lipinski definition) is 1. The first-order valence-electron chi connectivity index (χ1n) is 6.50. The van der Waals surface area contributed by atoms with Gasteiger partial charge in [0.25, 0.3) is 5.78 Å². The summed E-state index contributed by atoms with van der Waals surface area (Å²) in [6.45, 7) is 3.88. The Labute approximate surface area is 119 Å². The third-order valence-electron chi connectivity index (χ3n) is 3.48. The van der Waals surface area contributed by atoms with Gasteiger partial charge in [-0.3, -0.25) is 5.10 Å². The van der Waals surface area contributed by atoms with Crippen molar-refractivity contribution in [1.29, 1.82) is 0 Å². The van der Waals surface area contributed by atoms with Gasteiger partial charge in [-0.2, -0.15) is 19.7 Å². The van der Waals surface area contributed by atoms with Gasteiger partial charge in [-0.05, 0) is 32.0 Å². The summed E-state index contributed by atoms with van der Waals surface area (Å²) < 4.78 is 7.62. The molecule has 0 saturated carbocycles. The molecule has 0 saturated heterocycles. The van der Waals surface area contributed by atoms with Crippen molar-refractivity contribution in [3.8, 4) is 11.6 Å². The molecule has 1 aromatic carbocycles. The molecule has 3 heterocycles. The van der Waals surface area contributed by atoms with Crippen molar-refractivity contribution in [1.82, 2.24) is 29.8 Å². The number of ether oxygens (including phenoxy) is 1. The summed E-state index contributed by atoms with van der Waals surface area (Å²) in [6.07, 6.45) is 3.23. The molecule has 21 heavy (non-hydrogen) atoms. The molecule has 3 aromatic heterocycles. The number of nitrogens with zero attached hydrogens (tertiary/aromatic N) is 5. The van der Waals surface area contributed by atoms with Crippen molar-refractivity contribution < 1.29 is 4.74 Å². The van der Waals surface area contributed by atoms with E-state index in [0.717, 1.165) is 27.9 Å². The van der Waals surface area contributed by atoms with Crippen LogP contribution >= 0.6 is 0 Å². The maximum absolute atomic E-state index is 6.02. The van der Waals surface area contributed by atoms with Crippen molar-refractivity contribution >= 4 is 16.7 Å². The molecule has 0 radical (unpaired) electrons. The average molecular weight is 280 g/mol. The van der Waals surface area contributed by atoms with Crippen LogP contribution in [0.3, 0.4) is 0 Å². The Hall–Kier alpha value is -2.96. The number of hydrogen-bond acceptors (Lipinski definition) is 5. The van der Waals surface area contributed by atoms with E-state index in [0.29, 0.717) is 11.7 Å². The summed E-state index contributed by atoms with van der Waals surface area (Å²) in [4.78, 5) is 8.48. The number of aryl methyl sites for hydroxylation is 1. The summed E-state index contributed by atoms with van der Waals surface area (Å²) in [7, 11) is 0. The molecule has 0 spiro atoms. The largest absolute Gasteiger partial charge is 0.438 e. The van der Waals surface area contributed by atoms with Crippen LogP contribution in [0.15, 0.2) is 30.7 Å². The van der Waals surface area contributed by atoms with E-state index in [1.807, 2.05) is 32.0 Å². The lowest BCUT2D eigenvalue weighted by Gasteiger charge is -2.11. The highest BCUT2D eigenvalue weighted by Gasteiger charge is 2.13. The normalized spacial score (nSPS) is 11.3. The standard InChI is InChI=1S/C14H12N6O/c1-8-9(2)18-14-15-7-17-20(14)13(8)21-11-3-4-12-10(5-11)6-16-19-12/h3-7H,1-2H3,(H,16,19). The fraction of sp³-hybridized carbons (Fsp3) is 0.143. The van der Waals surface area contributed by atoms with E-state index < -0.39 is 0 Å². The number of fused-ring (bicyclic) bond motifs is 2. The predicted molar refractivity (Wildman–Crippen MR) is 76.4 cm³/mol. The van der Waals surface area contributed by atoms with Crippen LogP contribution < -0.4 is 4.74 Å². The van der Waals surface area contributed by atoms with E-state index in [4.69, 9.17) is 4.74 Å². The van der Waals surface area contributed by atoms with Gasteiger partial charge in [0.05, 0.1) is 11.7 Å². The Morgan fingerprint density at radius 3 is 3.05 bits per heavy atom. The van der Waals surface area contributed by atoms with Gasteiger partial charge >= 0.3 is 0 Å². The Kier molecular flexibility index (Phi) is 2.41. The zero-order valence-electron chi connectivity index (χ0n) is 11.5. The van der Waals surface area contributed by atoms with Crippen molar-refractivity contribution in [2.75, 3.05) is 0 Å². The Morgan fingerprint density at radius 2 is 2.14 bits per heavy atom. The minimum Gasteiger partial charge on any atom is -0.438 e. The zero-order valence-corrected chi connectivity index (χ0v) is 11.5. The molecule has 1 N–H and O–H groups in total. The monoisotopic (exact) mass is 280 g/mol. The molecule has 0 atom stereocenters. The molecular formula is C14H12N6O. The Bertz CT molecular complexity index is 955. The molecule has 0 aliphatic rings. The molecule has 104 valence electrons. The zero-order chi connectivity index (χ0) is 14.4. The molecule has 7 heteroatoms. The van der Waals surface area contributed by atoms with Crippen LogP contribution in [-0.4, -0.2) is 29.8 Å². The summed E-state index contributed by atoms with van der Waals surface area (Å²) in [5, 5.41) is 12.1. The van der Waals surface area contributed by atoms with Gasteiger partial charge in [0, 0.05) is 16.6 Å². The van der Waals surface area contributed by atoms with Gasteiger partial charge in [-0.15, -0.1) is 0 Å². The third kappa shape index (κ3) is 1.82. The Balaban J connectivity index is 1.86. The number of aromatic nitrogens is 6. The number of nitrogens with one attached hydrogen (secondary N) is 1. The number of aromatic amines is 1. The lowest BCUT2D eigenvalue weighted by atomic mass is 10.2. The summed E-state index contributed by atoms with van der Waals surface area (Å²) >= 11 is 0. The van der Waals surface area contributed by atoms with Crippen LogP contribution in [0.1, 0.15) is 11.3 Å². The lowest BCUT2D eigenvalue weighted by Crippen LogP contribution is -2.03. The van der Waals surface area contributed by atoms with E-state index >= 15 is 0 Å². The second kappa shape index (κ2) is 4.27. The van der Waals surface area contributed by atoms with Crippen molar-refractivity contribution in [2.24, 2.45) is 0 Å². The van der Waals surface area contributed by atoms with Gasteiger partial charge in [0.15, 0.2) is 0 Å². The molecule has 0 aliphatic carbocycles.